The van der Waals surface area contributed by atoms with Crippen LogP contribution in [-0.4, -0.2) is 37.3 Å². The Labute approximate surface area is 118 Å². The van der Waals surface area contributed by atoms with Gasteiger partial charge in [0.1, 0.15) is 6.54 Å². The summed E-state index contributed by atoms with van der Waals surface area (Å²) < 4.78 is 6.93. The van der Waals surface area contributed by atoms with Crippen LogP contribution in [0, 0.1) is 0 Å². The Balaban J connectivity index is 0.00000289. The highest BCUT2D eigenvalue weighted by atomic mass is 35.5. The van der Waals surface area contributed by atoms with Gasteiger partial charge in [0.25, 0.3) is 0 Å². The van der Waals surface area contributed by atoms with Gasteiger partial charge in [-0.2, -0.15) is 0 Å². The van der Waals surface area contributed by atoms with Crippen molar-refractivity contribution in [3.05, 3.63) is 35.9 Å². The molecule has 0 aliphatic rings. The van der Waals surface area contributed by atoms with Crippen molar-refractivity contribution in [3.8, 4) is 0 Å². The van der Waals surface area contributed by atoms with Gasteiger partial charge < -0.3 is 21.6 Å². The quantitative estimate of drug-likeness (QED) is 0.481. The Morgan fingerprint density at radius 3 is 2.00 bits per heavy atom. The maximum Gasteiger partial charge on any atom is 0.102 e. The number of hydrogen-bond donors (Lipinski definition) is 0. The van der Waals surface area contributed by atoms with Crippen LogP contribution in [0.5, 0.6) is 0 Å². The average Bonchev–Trinajstić information content (AvgIpc) is 2.41. The number of quaternary nitrogens is 1. The summed E-state index contributed by atoms with van der Waals surface area (Å²) in [4.78, 5) is 0. The van der Waals surface area contributed by atoms with Crippen LogP contribution in [-0.2, 0) is 11.3 Å². The zero-order chi connectivity index (χ0) is 12.6. The second-order valence-corrected chi connectivity index (χ2v) is 4.55. The van der Waals surface area contributed by atoms with Gasteiger partial charge in [0.15, 0.2) is 0 Å². The van der Waals surface area contributed by atoms with Gasteiger partial charge in [-0.05, 0) is 26.3 Å². The highest BCUT2D eigenvalue weighted by Gasteiger charge is 2.19. The third kappa shape index (κ3) is 5.38. The van der Waals surface area contributed by atoms with E-state index in [9.17, 15) is 0 Å². The van der Waals surface area contributed by atoms with Crippen LogP contribution in [0.25, 0.3) is 0 Å². The summed E-state index contributed by atoms with van der Waals surface area (Å²) in [5, 5.41) is 0. The molecule has 0 amide bonds. The lowest BCUT2D eigenvalue weighted by atomic mass is 10.2. The fraction of sp³-hybridized carbons (Fsp3) is 0.600. The van der Waals surface area contributed by atoms with Crippen molar-refractivity contribution >= 4 is 0 Å². The molecule has 0 heterocycles. The van der Waals surface area contributed by atoms with Crippen LogP contribution >= 0.6 is 0 Å². The topological polar surface area (TPSA) is 9.23 Å². The zero-order valence-corrected chi connectivity index (χ0v) is 12.6. The van der Waals surface area contributed by atoms with Gasteiger partial charge in [0.05, 0.1) is 32.8 Å². The second kappa shape index (κ2) is 9.37. The Morgan fingerprint density at radius 1 is 0.944 bits per heavy atom. The van der Waals surface area contributed by atoms with Crippen LogP contribution in [0.4, 0.5) is 0 Å². The zero-order valence-electron chi connectivity index (χ0n) is 11.9. The first-order valence-corrected chi connectivity index (χ1v) is 6.73. The molecule has 0 spiro atoms. The molecule has 0 bridgehead atoms. The number of benzene rings is 1. The predicted octanol–water partition coefficient (Wildman–Crippen LogP) is 0.0837. The second-order valence-electron chi connectivity index (χ2n) is 4.55. The lowest BCUT2D eigenvalue weighted by Gasteiger charge is -2.35. The van der Waals surface area contributed by atoms with Gasteiger partial charge in [-0.3, -0.25) is 0 Å². The number of halogens is 1. The molecule has 0 aromatic heterocycles. The molecule has 104 valence electrons. The first-order chi connectivity index (χ1) is 8.26. The summed E-state index contributed by atoms with van der Waals surface area (Å²) in [6.45, 7) is 13.1. The maximum atomic E-state index is 5.77. The molecule has 0 aliphatic heterocycles. The van der Waals surface area contributed by atoms with Gasteiger partial charge in [-0.25, -0.2) is 0 Å². The van der Waals surface area contributed by atoms with E-state index < -0.39 is 0 Å². The van der Waals surface area contributed by atoms with Crippen LogP contribution in [0.1, 0.15) is 26.3 Å². The van der Waals surface area contributed by atoms with Crippen molar-refractivity contribution in [2.45, 2.75) is 27.4 Å². The molecule has 0 aliphatic carbocycles. The van der Waals surface area contributed by atoms with Crippen molar-refractivity contribution in [2.75, 3.05) is 32.8 Å². The molecule has 1 rings (SSSR count). The minimum absolute atomic E-state index is 0. The van der Waals surface area contributed by atoms with Crippen molar-refractivity contribution in [1.29, 1.82) is 0 Å². The van der Waals surface area contributed by atoms with Crippen molar-refractivity contribution in [1.82, 2.24) is 0 Å². The van der Waals surface area contributed by atoms with Crippen molar-refractivity contribution in [3.63, 3.8) is 0 Å². The van der Waals surface area contributed by atoms with E-state index >= 15 is 0 Å². The van der Waals surface area contributed by atoms with E-state index in [4.69, 9.17) is 4.74 Å². The van der Waals surface area contributed by atoms with Crippen LogP contribution in [0.3, 0.4) is 0 Å². The largest absolute Gasteiger partial charge is 1.00 e. The average molecular weight is 272 g/mol. The van der Waals surface area contributed by atoms with Gasteiger partial charge in [-0.15, -0.1) is 0 Å². The summed E-state index contributed by atoms with van der Waals surface area (Å²) in [7, 11) is 0. The minimum Gasteiger partial charge on any atom is -1.00 e. The summed E-state index contributed by atoms with van der Waals surface area (Å²) >= 11 is 0. The number of ether oxygens (including phenoxy) is 1. The van der Waals surface area contributed by atoms with E-state index in [0.717, 1.165) is 24.2 Å². The summed E-state index contributed by atoms with van der Waals surface area (Å²) in [5.41, 5.74) is 1.26. The molecular formula is C15H26ClNO. The Hall–Kier alpha value is -0.570. The van der Waals surface area contributed by atoms with Gasteiger partial charge in [-0.1, -0.05) is 30.3 Å². The molecule has 0 saturated carbocycles. The van der Waals surface area contributed by atoms with Crippen LogP contribution in [0.2, 0.25) is 0 Å². The number of hydrogen-bond acceptors (Lipinski definition) is 1. The smallest absolute Gasteiger partial charge is 0.102 e. The highest BCUT2D eigenvalue weighted by Crippen LogP contribution is 2.06. The van der Waals surface area contributed by atoms with Gasteiger partial charge in [0, 0.05) is 0 Å². The van der Waals surface area contributed by atoms with E-state index in [1.54, 1.807) is 0 Å². The molecule has 0 unspecified atom stereocenters. The summed E-state index contributed by atoms with van der Waals surface area (Å²) in [5.74, 6) is 0. The van der Waals surface area contributed by atoms with Crippen LogP contribution < -0.4 is 12.4 Å². The third-order valence-corrected chi connectivity index (χ3v) is 3.83. The molecule has 2 nitrogen and oxygen atoms in total. The standard InChI is InChI=1S/C15H26NO.ClH/c1-4-16(5-2,6-3)12-13-17-14-15-10-8-7-9-11-15;/h7-11H,4-6,12-14H2,1-3H3;1H/q+1;/p-1. The fourth-order valence-corrected chi connectivity index (χ4v) is 2.17. The van der Waals surface area contributed by atoms with Gasteiger partial charge in [0.2, 0.25) is 0 Å². The highest BCUT2D eigenvalue weighted by molar-refractivity contribution is 5.13. The monoisotopic (exact) mass is 271 g/mol. The molecule has 0 radical (unpaired) electrons. The SMILES string of the molecule is CC[N+](CC)(CC)CCOCc1ccccc1.[Cl-]. The first kappa shape index (κ1) is 17.4. The molecule has 0 saturated heterocycles. The molecule has 0 fully saturated rings. The predicted molar refractivity (Wildman–Crippen MR) is 72.8 cm³/mol. The summed E-state index contributed by atoms with van der Waals surface area (Å²) in [6.07, 6.45) is 0. The molecule has 0 atom stereocenters. The lowest BCUT2D eigenvalue weighted by molar-refractivity contribution is -0.923. The Morgan fingerprint density at radius 2 is 1.50 bits per heavy atom. The Kier molecular flexibility index (Phi) is 9.08. The van der Waals surface area contributed by atoms with Crippen molar-refractivity contribution in [2.24, 2.45) is 0 Å². The molecule has 3 heteroatoms. The van der Waals surface area contributed by atoms with E-state index in [0.29, 0.717) is 0 Å². The molecular weight excluding hydrogens is 246 g/mol. The number of nitrogens with zero attached hydrogens (tertiary/aromatic N) is 1. The van der Waals surface area contributed by atoms with Crippen LogP contribution in [0.15, 0.2) is 30.3 Å². The molecule has 18 heavy (non-hydrogen) atoms. The lowest BCUT2D eigenvalue weighted by Crippen LogP contribution is -3.00. The van der Waals surface area contributed by atoms with Gasteiger partial charge >= 0.3 is 0 Å². The fourth-order valence-electron chi connectivity index (χ4n) is 2.17. The third-order valence-electron chi connectivity index (χ3n) is 3.83. The Bertz CT molecular complexity index is 290. The maximum absolute atomic E-state index is 5.77. The van der Waals surface area contributed by atoms with Crippen molar-refractivity contribution < 1.29 is 21.6 Å². The minimum atomic E-state index is 0. The first-order valence-electron chi connectivity index (χ1n) is 6.73. The van der Waals surface area contributed by atoms with E-state index in [2.05, 4.69) is 45.0 Å². The van der Waals surface area contributed by atoms with E-state index in [1.807, 2.05) is 6.07 Å². The summed E-state index contributed by atoms with van der Waals surface area (Å²) in [6, 6.07) is 10.4. The molecule has 1 aromatic rings. The molecule has 1 aromatic carbocycles. The van der Waals surface area contributed by atoms with E-state index in [1.165, 1.54) is 25.2 Å². The molecule has 0 N–H and O–H groups in total. The normalized spacial score (nSPS) is 11.1. The number of rotatable bonds is 8. The van der Waals surface area contributed by atoms with E-state index in [-0.39, 0.29) is 12.4 Å². The number of likely N-dealkylation sites (N-methyl/N-ethyl adjacent to an activating group) is 1.